The zero-order valence-corrected chi connectivity index (χ0v) is 19.5. The third kappa shape index (κ3) is 5.03. The molecule has 4 rings (SSSR count). The Morgan fingerprint density at radius 3 is 2.27 bits per heavy atom. The highest BCUT2D eigenvalue weighted by molar-refractivity contribution is 5.91. The van der Waals surface area contributed by atoms with Crippen LogP contribution in [-0.2, 0) is 22.5 Å². The molecule has 0 spiro atoms. The summed E-state index contributed by atoms with van der Waals surface area (Å²) in [4.78, 5) is 12.2. The number of benzene rings is 3. The lowest BCUT2D eigenvalue weighted by Gasteiger charge is -2.10. The number of hydrogen-bond acceptors (Lipinski definition) is 4. The number of aromatic nitrogens is 1. The topological polar surface area (TPSA) is 83.3 Å². The van der Waals surface area contributed by atoms with Gasteiger partial charge in [-0.25, -0.2) is 0 Å². The zero-order valence-electron chi connectivity index (χ0n) is 19.5. The van der Waals surface area contributed by atoms with Crippen LogP contribution in [0.5, 0.6) is 0 Å². The number of anilines is 2. The number of nitrogens with two attached hydrogens (primary N) is 2. The average Bonchev–Trinajstić information content (AvgIpc) is 3.10. The zero-order chi connectivity index (χ0) is 23.5. The van der Waals surface area contributed by atoms with E-state index < -0.39 is 0 Å². The van der Waals surface area contributed by atoms with Crippen LogP contribution in [0.1, 0.15) is 43.4 Å². The van der Waals surface area contributed by atoms with E-state index in [2.05, 4.69) is 61.0 Å². The lowest BCUT2D eigenvalue weighted by Crippen LogP contribution is -2.07. The molecule has 4 aromatic rings. The molecule has 3 aromatic carbocycles. The van der Waals surface area contributed by atoms with Crippen molar-refractivity contribution in [3.05, 3.63) is 83.6 Å². The molecule has 0 unspecified atom stereocenters. The molecule has 1 heterocycles. The second-order valence-electron chi connectivity index (χ2n) is 8.78. The molecule has 5 heteroatoms. The Balaban J connectivity index is 1.77. The maximum absolute atomic E-state index is 12.2. The van der Waals surface area contributed by atoms with Gasteiger partial charge in [-0.3, -0.25) is 4.79 Å². The summed E-state index contributed by atoms with van der Waals surface area (Å²) in [6.07, 6.45) is 2.31. The number of nitrogens with zero attached hydrogens (tertiary/aromatic N) is 1. The molecular formula is C28H31N3O2. The number of esters is 1. The number of rotatable bonds is 7. The first-order valence-electron chi connectivity index (χ1n) is 11.4. The fourth-order valence-corrected chi connectivity index (χ4v) is 4.23. The molecule has 0 saturated heterocycles. The predicted molar refractivity (Wildman–Crippen MR) is 136 cm³/mol. The van der Waals surface area contributed by atoms with Crippen LogP contribution in [0, 0.1) is 0 Å². The molecule has 0 amide bonds. The third-order valence-electron chi connectivity index (χ3n) is 5.92. The van der Waals surface area contributed by atoms with Gasteiger partial charge in [-0.1, -0.05) is 50.2 Å². The minimum absolute atomic E-state index is 0.217. The lowest BCUT2D eigenvalue weighted by atomic mass is 10.0. The summed E-state index contributed by atoms with van der Waals surface area (Å²) in [6, 6.07) is 20.6. The molecule has 0 radical (unpaired) electrons. The first-order chi connectivity index (χ1) is 15.8. The molecule has 5 nitrogen and oxygen atoms in total. The Morgan fingerprint density at radius 2 is 1.64 bits per heavy atom. The molecule has 0 aliphatic heterocycles. The molecule has 0 aliphatic carbocycles. The highest BCUT2D eigenvalue weighted by atomic mass is 16.5. The highest BCUT2D eigenvalue weighted by Gasteiger charge is 2.15. The van der Waals surface area contributed by atoms with Gasteiger partial charge in [0.15, 0.2) is 0 Å². The first kappa shape index (κ1) is 22.5. The maximum Gasteiger partial charge on any atom is 0.310 e. The summed E-state index contributed by atoms with van der Waals surface area (Å²) in [7, 11) is 0. The lowest BCUT2D eigenvalue weighted by molar-refractivity contribution is -0.142. The fraction of sp³-hybridized carbons (Fsp3) is 0.250. The number of carbonyl (C=O) groups is 1. The van der Waals surface area contributed by atoms with E-state index in [1.54, 1.807) is 6.07 Å². The Bertz CT molecular complexity index is 1270. The van der Waals surface area contributed by atoms with Crippen molar-refractivity contribution in [1.29, 1.82) is 0 Å². The van der Waals surface area contributed by atoms with Crippen molar-refractivity contribution in [3.8, 4) is 11.1 Å². The van der Waals surface area contributed by atoms with Crippen LogP contribution in [0.3, 0.4) is 0 Å². The summed E-state index contributed by atoms with van der Waals surface area (Å²) in [6.45, 7) is 7.30. The van der Waals surface area contributed by atoms with Crippen molar-refractivity contribution < 1.29 is 9.53 Å². The Morgan fingerprint density at radius 1 is 0.939 bits per heavy atom. The quantitative estimate of drug-likeness (QED) is 0.282. The van der Waals surface area contributed by atoms with Crippen LogP contribution < -0.4 is 11.5 Å². The maximum atomic E-state index is 12.2. The first-order valence-corrected chi connectivity index (χ1v) is 11.4. The number of nitrogen functional groups attached to an aromatic ring is 2. The van der Waals surface area contributed by atoms with E-state index >= 15 is 0 Å². The molecule has 0 bridgehead atoms. The van der Waals surface area contributed by atoms with Crippen molar-refractivity contribution in [2.45, 2.75) is 39.7 Å². The number of ether oxygens (including phenoxy) is 1. The number of fused-ring (bicyclic) bond motifs is 1. The van der Waals surface area contributed by atoms with Gasteiger partial charge in [0.2, 0.25) is 0 Å². The van der Waals surface area contributed by atoms with Gasteiger partial charge in [0.05, 0.1) is 13.0 Å². The van der Waals surface area contributed by atoms with Crippen LogP contribution in [0.15, 0.2) is 66.9 Å². The normalized spacial score (nSPS) is 11.3. The van der Waals surface area contributed by atoms with Crippen LogP contribution in [-0.4, -0.2) is 17.1 Å². The molecule has 0 fully saturated rings. The average molecular weight is 442 g/mol. The molecule has 0 aliphatic rings. The minimum atomic E-state index is -0.217. The Labute approximate surface area is 195 Å². The summed E-state index contributed by atoms with van der Waals surface area (Å²) in [5.74, 6) is 0.279. The third-order valence-corrected chi connectivity index (χ3v) is 5.92. The van der Waals surface area contributed by atoms with E-state index in [1.165, 1.54) is 11.1 Å². The second kappa shape index (κ2) is 9.41. The monoisotopic (exact) mass is 441 g/mol. The van der Waals surface area contributed by atoms with Crippen LogP contribution in [0.2, 0.25) is 0 Å². The highest BCUT2D eigenvalue weighted by Crippen LogP contribution is 2.31. The van der Waals surface area contributed by atoms with Crippen LogP contribution in [0.4, 0.5) is 11.4 Å². The van der Waals surface area contributed by atoms with Crippen molar-refractivity contribution in [2.24, 2.45) is 0 Å². The summed E-state index contributed by atoms with van der Waals surface area (Å²) >= 11 is 0. The predicted octanol–water partition coefficient (Wildman–Crippen LogP) is 5.75. The summed E-state index contributed by atoms with van der Waals surface area (Å²) in [5.41, 5.74) is 19.9. The van der Waals surface area contributed by atoms with Crippen molar-refractivity contribution in [1.82, 2.24) is 4.57 Å². The van der Waals surface area contributed by atoms with Crippen molar-refractivity contribution >= 4 is 28.2 Å². The van der Waals surface area contributed by atoms with Gasteiger partial charge in [-0.05, 0) is 64.9 Å². The van der Waals surface area contributed by atoms with E-state index in [0.29, 0.717) is 30.4 Å². The van der Waals surface area contributed by atoms with E-state index in [4.69, 9.17) is 16.2 Å². The molecule has 33 heavy (non-hydrogen) atoms. The molecule has 4 N–H and O–H groups in total. The molecule has 170 valence electrons. The second-order valence-corrected chi connectivity index (χ2v) is 8.78. The van der Waals surface area contributed by atoms with Gasteiger partial charge in [0, 0.05) is 35.0 Å². The Hall–Kier alpha value is -3.73. The number of carbonyl (C=O) groups excluding carboxylic acids is 1. The standard InChI is InChI=1S/C28H31N3O2/c1-4-33-28(32)14-23-17-31(16-19-5-7-20(8-6-19)18(2)3)27-13-21(9-10-26(23)27)22-11-24(29)15-25(30)12-22/h5-13,15,17-18H,4,14,16,29-30H2,1-3H3. The van der Waals surface area contributed by atoms with Gasteiger partial charge in [0.1, 0.15) is 0 Å². The van der Waals surface area contributed by atoms with Gasteiger partial charge < -0.3 is 20.8 Å². The van der Waals surface area contributed by atoms with Gasteiger partial charge >= 0.3 is 5.97 Å². The van der Waals surface area contributed by atoms with E-state index in [9.17, 15) is 4.79 Å². The van der Waals surface area contributed by atoms with E-state index in [-0.39, 0.29) is 12.4 Å². The Kier molecular flexibility index (Phi) is 6.40. The summed E-state index contributed by atoms with van der Waals surface area (Å²) in [5, 5.41) is 1.04. The smallest absolute Gasteiger partial charge is 0.310 e. The minimum Gasteiger partial charge on any atom is -0.466 e. The van der Waals surface area contributed by atoms with Crippen molar-refractivity contribution in [2.75, 3.05) is 18.1 Å². The van der Waals surface area contributed by atoms with Crippen LogP contribution in [0.25, 0.3) is 22.0 Å². The van der Waals surface area contributed by atoms with E-state index in [0.717, 1.165) is 27.6 Å². The SMILES string of the molecule is CCOC(=O)Cc1cn(Cc2ccc(C(C)C)cc2)c2cc(-c3cc(N)cc(N)c3)ccc12. The molecule has 0 atom stereocenters. The number of hydrogen-bond donors (Lipinski definition) is 2. The van der Waals surface area contributed by atoms with Gasteiger partial charge in [-0.15, -0.1) is 0 Å². The van der Waals surface area contributed by atoms with E-state index in [1.807, 2.05) is 25.1 Å². The van der Waals surface area contributed by atoms with Crippen molar-refractivity contribution in [3.63, 3.8) is 0 Å². The van der Waals surface area contributed by atoms with Gasteiger partial charge in [0.25, 0.3) is 0 Å². The van der Waals surface area contributed by atoms with Gasteiger partial charge in [-0.2, -0.15) is 0 Å². The fourth-order valence-electron chi connectivity index (χ4n) is 4.23. The van der Waals surface area contributed by atoms with Crippen LogP contribution >= 0.6 is 0 Å². The molecule has 0 saturated carbocycles. The largest absolute Gasteiger partial charge is 0.466 e. The molecular weight excluding hydrogens is 410 g/mol. The molecule has 1 aromatic heterocycles. The summed E-state index contributed by atoms with van der Waals surface area (Å²) < 4.78 is 7.40.